The Morgan fingerprint density at radius 2 is 2.06 bits per heavy atom. The molecule has 3 heterocycles. The highest BCUT2D eigenvalue weighted by molar-refractivity contribution is 7.72. The van der Waals surface area contributed by atoms with Gasteiger partial charge in [-0.05, 0) is 24.1 Å². The molecule has 32 heavy (non-hydrogen) atoms. The van der Waals surface area contributed by atoms with E-state index in [4.69, 9.17) is 31.2 Å². The number of nitrogens with two attached hydrogens (primary N) is 1. The van der Waals surface area contributed by atoms with Crippen LogP contribution >= 0.6 is 24.2 Å². The Hall–Kier alpha value is -1.40. The maximum absolute atomic E-state index is 10.7. The number of nitrogen functional groups attached to an aromatic ring is 1. The first kappa shape index (κ1) is 25.2. The SMILES string of the molecule is C#CC1(CO[P+](O)(O)O[P+](O)(O)OP(=O)(O)O)CCC(n2cnc3c(N)nc(C)nc32)O1. The highest BCUT2D eigenvalue weighted by Crippen LogP contribution is 2.74. The minimum absolute atomic E-state index is 0.172. The number of nitrogens with zero attached hydrogens (tertiary/aromatic N) is 4. The maximum atomic E-state index is 10.7. The molecule has 0 saturated carbocycles. The fourth-order valence-electron chi connectivity index (χ4n) is 2.95. The number of aromatic nitrogens is 4. The molecule has 0 amide bonds. The normalized spacial score (nSPS) is 22.4. The highest BCUT2D eigenvalue weighted by Gasteiger charge is 2.64. The molecule has 176 valence electrons. The topological polar surface area (TPSA) is 245 Å². The summed E-state index contributed by atoms with van der Waals surface area (Å²) in [6.45, 7) is 0.967. The molecular formula is C13H20N5O11P3+2. The number of terminal acetylenes is 1. The Labute approximate surface area is 181 Å². The molecule has 0 bridgehead atoms. The van der Waals surface area contributed by atoms with E-state index in [-0.39, 0.29) is 12.2 Å². The van der Waals surface area contributed by atoms with Crippen LogP contribution in [-0.4, -0.2) is 61.1 Å². The molecular weight excluding hydrogens is 495 g/mol. The molecule has 1 aliphatic rings. The van der Waals surface area contributed by atoms with Gasteiger partial charge in [0.25, 0.3) is 0 Å². The van der Waals surface area contributed by atoms with E-state index in [1.165, 1.54) is 6.33 Å². The Bertz CT molecular complexity index is 1100. The zero-order chi connectivity index (χ0) is 23.9. The van der Waals surface area contributed by atoms with Crippen molar-refractivity contribution in [1.29, 1.82) is 0 Å². The first-order valence-electron chi connectivity index (χ1n) is 8.58. The van der Waals surface area contributed by atoms with Crippen LogP contribution in [0.3, 0.4) is 0 Å². The number of hydrogen-bond acceptors (Lipinski definition) is 13. The van der Waals surface area contributed by atoms with Gasteiger partial charge < -0.3 is 20.3 Å². The number of anilines is 1. The van der Waals surface area contributed by atoms with Gasteiger partial charge in [0.2, 0.25) is 0 Å². The summed E-state index contributed by atoms with van der Waals surface area (Å²) in [5.41, 5.74) is 5.11. The predicted molar refractivity (Wildman–Crippen MR) is 108 cm³/mol. The number of phosphoric acid groups is 1. The van der Waals surface area contributed by atoms with E-state index >= 15 is 0 Å². The molecule has 1 fully saturated rings. The number of ether oxygens (including phenoxy) is 1. The summed E-state index contributed by atoms with van der Waals surface area (Å²) in [5.74, 6) is 2.93. The summed E-state index contributed by atoms with van der Waals surface area (Å²) in [6.07, 6.45) is 6.81. The predicted octanol–water partition coefficient (Wildman–Crippen LogP) is -0.135. The van der Waals surface area contributed by atoms with Gasteiger partial charge in [0.1, 0.15) is 24.2 Å². The van der Waals surface area contributed by atoms with Crippen molar-refractivity contribution in [1.82, 2.24) is 19.5 Å². The van der Waals surface area contributed by atoms with Crippen molar-refractivity contribution < 1.29 is 51.8 Å². The minimum atomic E-state index is -5.42. The van der Waals surface area contributed by atoms with Crippen LogP contribution in [-0.2, 0) is 22.4 Å². The lowest BCUT2D eigenvalue weighted by molar-refractivity contribution is -0.0632. The summed E-state index contributed by atoms with van der Waals surface area (Å²) < 4.78 is 30.6. The molecule has 3 rings (SSSR count). The van der Waals surface area contributed by atoms with E-state index in [2.05, 4.69) is 29.5 Å². The third-order valence-electron chi connectivity index (χ3n) is 4.18. The minimum Gasteiger partial charge on any atom is -0.382 e. The van der Waals surface area contributed by atoms with E-state index in [0.717, 1.165) is 0 Å². The second kappa shape index (κ2) is 8.75. The van der Waals surface area contributed by atoms with Gasteiger partial charge in [0.05, 0.1) is 10.6 Å². The van der Waals surface area contributed by atoms with Crippen molar-refractivity contribution in [3.8, 4) is 12.3 Å². The lowest BCUT2D eigenvalue weighted by Crippen LogP contribution is -2.33. The van der Waals surface area contributed by atoms with E-state index < -0.39 is 42.6 Å². The van der Waals surface area contributed by atoms with Crippen molar-refractivity contribution in [2.45, 2.75) is 31.6 Å². The molecule has 0 aliphatic carbocycles. The highest BCUT2D eigenvalue weighted by atomic mass is 31.3. The van der Waals surface area contributed by atoms with Crippen LogP contribution in [0.2, 0.25) is 0 Å². The van der Waals surface area contributed by atoms with Crippen LogP contribution < -0.4 is 5.73 Å². The summed E-state index contributed by atoms with van der Waals surface area (Å²) >= 11 is 0. The quantitative estimate of drug-likeness (QED) is 0.179. The molecule has 16 nitrogen and oxygen atoms in total. The molecule has 2 aromatic rings. The smallest absolute Gasteiger partial charge is 0.382 e. The number of imidazole rings is 1. The van der Waals surface area contributed by atoms with Gasteiger partial charge in [0.15, 0.2) is 17.1 Å². The number of hydrogen-bond donors (Lipinski definition) is 7. The van der Waals surface area contributed by atoms with E-state index in [9.17, 15) is 24.1 Å². The average molecular weight is 515 g/mol. The molecule has 0 aromatic carbocycles. The number of fused-ring (bicyclic) bond motifs is 1. The van der Waals surface area contributed by atoms with Gasteiger partial charge in [-0.25, -0.2) is 19.5 Å². The molecule has 1 aliphatic heterocycles. The van der Waals surface area contributed by atoms with Crippen molar-refractivity contribution >= 4 is 41.1 Å². The van der Waals surface area contributed by atoms with Gasteiger partial charge in [-0.2, -0.15) is 19.6 Å². The summed E-state index contributed by atoms with van der Waals surface area (Å²) in [7, 11) is -15.8. The Kier molecular flexibility index (Phi) is 6.90. The van der Waals surface area contributed by atoms with Crippen LogP contribution in [0.25, 0.3) is 11.2 Å². The Morgan fingerprint density at radius 3 is 2.69 bits per heavy atom. The van der Waals surface area contributed by atoms with Crippen LogP contribution in [0.5, 0.6) is 0 Å². The van der Waals surface area contributed by atoms with E-state index in [0.29, 0.717) is 23.4 Å². The summed E-state index contributed by atoms with van der Waals surface area (Å²) in [4.78, 5) is 68.0. The summed E-state index contributed by atoms with van der Waals surface area (Å²) in [6, 6.07) is 0. The van der Waals surface area contributed by atoms with Crippen molar-refractivity contribution in [2.75, 3.05) is 12.3 Å². The largest absolute Gasteiger partial charge is 0.630 e. The molecule has 2 atom stereocenters. The van der Waals surface area contributed by atoms with E-state index in [1.54, 1.807) is 11.5 Å². The molecule has 0 spiro atoms. The number of rotatable bonds is 8. The second-order valence-electron chi connectivity index (χ2n) is 6.64. The molecule has 2 unspecified atom stereocenters. The zero-order valence-electron chi connectivity index (χ0n) is 16.3. The lowest BCUT2D eigenvalue weighted by Gasteiger charge is -2.23. The van der Waals surface area contributed by atoms with Gasteiger partial charge >= 0.3 is 24.2 Å². The molecule has 2 aromatic heterocycles. The molecule has 0 radical (unpaired) electrons. The lowest BCUT2D eigenvalue weighted by atomic mass is 10.0. The van der Waals surface area contributed by atoms with Gasteiger partial charge in [0, 0.05) is 0 Å². The van der Waals surface area contributed by atoms with Gasteiger partial charge in [-0.1, -0.05) is 5.92 Å². The number of aryl methyl sites for hydroxylation is 1. The standard InChI is InChI=1S/C13H18N5O11P3/c1-3-13(6-26-31(22,23)29-32(24,25)28-30(19,20)21)5-4-9(27-13)18-7-15-10-11(14)16-8(2)17-12(10)18/h1,7,9,22-25H,4-6H2,2H3,(H2-2,14,16,17,19,20,21)/p+2. The Balaban J connectivity index is 1.71. The fraction of sp³-hybridized carbons (Fsp3) is 0.462. The monoisotopic (exact) mass is 515 g/mol. The first-order valence-corrected chi connectivity index (χ1v) is 13.2. The molecule has 1 saturated heterocycles. The third-order valence-corrected chi connectivity index (χ3v) is 8.05. The van der Waals surface area contributed by atoms with Crippen molar-refractivity contribution in [2.24, 2.45) is 0 Å². The second-order valence-corrected chi connectivity index (χ2v) is 11.1. The molecule has 8 N–H and O–H groups in total. The van der Waals surface area contributed by atoms with Crippen LogP contribution in [0.15, 0.2) is 6.33 Å². The van der Waals surface area contributed by atoms with Crippen LogP contribution in [0.1, 0.15) is 24.9 Å². The van der Waals surface area contributed by atoms with Crippen LogP contribution in [0, 0.1) is 19.3 Å². The Morgan fingerprint density at radius 1 is 1.38 bits per heavy atom. The third kappa shape index (κ3) is 5.93. The van der Waals surface area contributed by atoms with E-state index in [1.807, 2.05) is 0 Å². The fourth-order valence-corrected chi connectivity index (χ4v) is 6.12. The summed E-state index contributed by atoms with van der Waals surface area (Å²) in [5, 5.41) is 0. The molecule has 19 heteroatoms. The van der Waals surface area contributed by atoms with Crippen molar-refractivity contribution in [3.63, 3.8) is 0 Å². The van der Waals surface area contributed by atoms with Crippen LogP contribution in [0.4, 0.5) is 5.82 Å². The van der Waals surface area contributed by atoms with Crippen molar-refractivity contribution in [3.05, 3.63) is 12.2 Å². The van der Waals surface area contributed by atoms with Gasteiger partial charge in [-0.3, -0.25) is 4.57 Å². The zero-order valence-corrected chi connectivity index (χ0v) is 19.0. The first-order chi connectivity index (χ1) is 14.6. The maximum Gasteiger partial charge on any atom is 0.630 e. The van der Waals surface area contributed by atoms with Gasteiger partial charge in [-0.15, -0.1) is 10.9 Å². The average Bonchev–Trinajstić information content (AvgIpc) is 3.21.